The first-order chi connectivity index (χ1) is 7.75. The highest BCUT2D eigenvalue weighted by atomic mass is 15.1. The first-order valence-corrected chi connectivity index (χ1v) is 6.42. The molecule has 1 aliphatic rings. The first-order valence-electron chi connectivity index (χ1n) is 6.42. The van der Waals surface area contributed by atoms with Crippen LogP contribution in [0.5, 0.6) is 0 Å². The van der Waals surface area contributed by atoms with Gasteiger partial charge in [-0.25, -0.2) is 4.98 Å². The Morgan fingerprint density at radius 3 is 2.75 bits per heavy atom. The van der Waals surface area contributed by atoms with Crippen molar-refractivity contribution in [3.63, 3.8) is 0 Å². The molecule has 0 spiro atoms. The number of aromatic nitrogens is 2. The average molecular weight is 221 g/mol. The molecule has 3 nitrogen and oxygen atoms in total. The number of aryl methyl sites for hydroxylation is 1. The predicted octanol–water partition coefficient (Wildman–Crippen LogP) is 2.34. The SMILES string of the molecule is CC1CCC(CNCc2nccn2C)CC1. The summed E-state index contributed by atoms with van der Waals surface area (Å²) in [5, 5.41) is 3.53. The summed E-state index contributed by atoms with van der Waals surface area (Å²) in [5.74, 6) is 2.96. The van der Waals surface area contributed by atoms with Crippen LogP contribution in [0, 0.1) is 11.8 Å². The van der Waals surface area contributed by atoms with Gasteiger partial charge in [-0.3, -0.25) is 0 Å². The van der Waals surface area contributed by atoms with Gasteiger partial charge in [0.05, 0.1) is 6.54 Å². The highest BCUT2D eigenvalue weighted by Gasteiger charge is 2.17. The van der Waals surface area contributed by atoms with Crippen molar-refractivity contribution >= 4 is 0 Å². The molecule has 1 aromatic heterocycles. The van der Waals surface area contributed by atoms with Gasteiger partial charge in [0, 0.05) is 19.4 Å². The van der Waals surface area contributed by atoms with Crippen molar-refractivity contribution in [2.75, 3.05) is 6.54 Å². The van der Waals surface area contributed by atoms with Gasteiger partial charge in [-0.2, -0.15) is 0 Å². The van der Waals surface area contributed by atoms with E-state index in [9.17, 15) is 0 Å². The van der Waals surface area contributed by atoms with E-state index in [4.69, 9.17) is 0 Å². The maximum absolute atomic E-state index is 4.31. The van der Waals surface area contributed by atoms with E-state index in [-0.39, 0.29) is 0 Å². The number of hydrogen-bond donors (Lipinski definition) is 1. The molecule has 1 saturated carbocycles. The molecule has 0 atom stereocenters. The van der Waals surface area contributed by atoms with Crippen molar-refractivity contribution < 1.29 is 0 Å². The zero-order chi connectivity index (χ0) is 11.4. The molecule has 90 valence electrons. The summed E-state index contributed by atoms with van der Waals surface area (Å²) in [6.45, 7) is 4.42. The van der Waals surface area contributed by atoms with E-state index < -0.39 is 0 Å². The minimum Gasteiger partial charge on any atom is -0.337 e. The van der Waals surface area contributed by atoms with Gasteiger partial charge in [0.15, 0.2) is 0 Å². The molecule has 2 rings (SSSR count). The monoisotopic (exact) mass is 221 g/mol. The van der Waals surface area contributed by atoms with E-state index in [0.717, 1.165) is 30.7 Å². The van der Waals surface area contributed by atoms with E-state index in [2.05, 4.69) is 21.8 Å². The van der Waals surface area contributed by atoms with Gasteiger partial charge in [0.2, 0.25) is 0 Å². The second-order valence-electron chi connectivity index (χ2n) is 5.21. The molecule has 16 heavy (non-hydrogen) atoms. The van der Waals surface area contributed by atoms with Crippen LogP contribution in [0.3, 0.4) is 0 Å². The average Bonchev–Trinajstić information content (AvgIpc) is 2.68. The fourth-order valence-corrected chi connectivity index (χ4v) is 2.49. The first kappa shape index (κ1) is 11.6. The van der Waals surface area contributed by atoms with E-state index in [1.807, 2.05) is 19.4 Å². The number of nitrogens with one attached hydrogen (secondary N) is 1. The molecule has 0 aromatic carbocycles. The molecular formula is C13H23N3. The zero-order valence-electron chi connectivity index (χ0n) is 10.4. The summed E-state index contributed by atoms with van der Waals surface area (Å²) >= 11 is 0. The Hall–Kier alpha value is -0.830. The van der Waals surface area contributed by atoms with Crippen molar-refractivity contribution in [3.05, 3.63) is 18.2 Å². The summed E-state index contributed by atoms with van der Waals surface area (Å²) < 4.78 is 2.08. The predicted molar refractivity (Wildman–Crippen MR) is 66.0 cm³/mol. The number of rotatable bonds is 4. The van der Waals surface area contributed by atoms with Crippen molar-refractivity contribution in [3.8, 4) is 0 Å². The molecule has 1 aromatic rings. The third-order valence-corrected chi connectivity index (χ3v) is 3.77. The van der Waals surface area contributed by atoms with Gasteiger partial charge >= 0.3 is 0 Å². The Kier molecular flexibility index (Phi) is 3.99. The van der Waals surface area contributed by atoms with E-state index >= 15 is 0 Å². The molecule has 0 saturated heterocycles. The van der Waals surface area contributed by atoms with Gasteiger partial charge in [0.25, 0.3) is 0 Å². The van der Waals surface area contributed by atoms with Gasteiger partial charge in [-0.15, -0.1) is 0 Å². The fraction of sp³-hybridized carbons (Fsp3) is 0.769. The Labute approximate surface area is 98.3 Å². The maximum atomic E-state index is 4.31. The molecule has 1 fully saturated rings. The minimum absolute atomic E-state index is 0.886. The van der Waals surface area contributed by atoms with Crippen LogP contribution in [-0.4, -0.2) is 16.1 Å². The summed E-state index contributed by atoms with van der Waals surface area (Å²) in [4.78, 5) is 4.31. The van der Waals surface area contributed by atoms with Crippen LogP contribution in [-0.2, 0) is 13.6 Å². The van der Waals surface area contributed by atoms with Crippen molar-refractivity contribution in [2.24, 2.45) is 18.9 Å². The van der Waals surface area contributed by atoms with Gasteiger partial charge in [0.1, 0.15) is 5.82 Å². The topological polar surface area (TPSA) is 29.9 Å². The Balaban J connectivity index is 1.67. The normalized spacial score (nSPS) is 25.9. The van der Waals surface area contributed by atoms with E-state index in [1.165, 1.54) is 25.7 Å². The Morgan fingerprint density at radius 2 is 2.12 bits per heavy atom. The minimum atomic E-state index is 0.886. The summed E-state index contributed by atoms with van der Waals surface area (Å²) in [6, 6.07) is 0. The molecule has 0 amide bonds. The lowest BCUT2D eigenvalue weighted by molar-refractivity contribution is 0.281. The fourth-order valence-electron chi connectivity index (χ4n) is 2.49. The summed E-state index contributed by atoms with van der Waals surface area (Å²) in [5.41, 5.74) is 0. The van der Waals surface area contributed by atoms with Crippen LogP contribution < -0.4 is 5.32 Å². The van der Waals surface area contributed by atoms with E-state index in [1.54, 1.807) is 0 Å². The van der Waals surface area contributed by atoms with Crippen molar-refractivity contribution in [2.45, 2.75) is 39.2 Å². The van der Waals surface area contributed by atoms with Crippen LogP contribution in [0.4, 0.5) is 0 Å². The zero-order valence-corrected chi connectivity index (χ0v) is 10.4. The lowest BCUT2D eigenvalue weighted by Gasteiger charge is -2.26. The summed E-state index contributed by atoms with van der Waals surface area (Å²) in [6.07, 6.45) is 9.48. The molecule has 0 bridgehead atoms. The van der Waals surface area contributed by atoms with Crippen molar-refractivity contribution in [1.29, 1.82) is 0 Å². The highest BCUT2D eigenvalue weighted by molar-refractivity contribution is 4.90. The molecular weight excluding hydrogens is 198 g/mol. The molecule has 1 heterocycles. The molecule has 1 N–H and O–H groups in total. The second kappa shape index (κ2) is 5.48. The van der Waals surface area contributed by atoms with E-state index in [0.29, 0.717) is 0 Å². The standard InChI is InChI=1S/C13H23N3/c1-11-3-5-12(6-4-11)9-14-10-13-15-7-8-16(13)2/h7-8,11-12,14H,3-6,9-10H2,1-2H3. The smallest absolute Gasteiger partial charge is 0.122 e. The van der Waals surface area contributed by atoms with Gasteiger partial charge < -0.3 is 9.88 Å². The highest BCUT2D eigenvalue weighted by Crippen LogP contribution is 2.27. The molecule has 0 radical (unpaired) electrons. The summed E-state index contributed by atoms with van der Waals surface area (Å²) in [7, 11) is 2.05. The van der Waals surface area contributed by atoms with Crippen LogP contribution in [0.15, 0.2) is 12.4 Å². The van der Waals surface area contributed by atoms with Gasteiger partial charge in [-0.1, -0.05) is 19.8 Å². The Morgan fingerprint density at radius 1 is 1.38 bits per heavy atom. The van der Waals surface area contributed by atoms with Crippen LogP contribution in [0.25, 0.3) is 0 Å². The van der Waals surface area contributed by atoms with Crippen molar-refractivity contribution in [1.82, 2.24) is 14.9 Å². The number of imidazole rings is 1. The Bertz CT molecular complexity index is 311. The molecule has 3 heteroatoms. The number of nitrogens with zero attached hydrogens (tertiary/aromatic N) is 2. The quantitative estimate of drug-likeness (QED) is 0.845. The molecule has 0 unspecified atom stereocenters. The largest absolute Gasteiger partial charge is 0.337 e. The van der Waals surface area contributed by atoms with Crippen LogP contribution in [0.1, 0.15) is 38.4 Å². The van der Waals surface area contributed by atoms with Crippen LogP contribution >= 0.6 is 0 Å². The lowest BCUT2D eigenvalue weighted by atomic mass is 9.83. The third-order valence-electron chi connectivity index (χ3n) is 3.77. The van der Waals surface area contributed by atoms with Crippen LogP contribution in [0.2, 0.25) is 0 Å². The third kappa shape index (κ3) is 3.08. The second-order valence-corrected chi connectivity index (χ2v) is 5.21. The number of hydrogen-bond acceptors (Lipinski definition) is 2. The maximum Gasteiger partial charge on any atom is 0.122 e. The molecule has 0 aliphatic heterocycles. The molecule has 1 aliphatic carbocycles. The van der Waals surface area contributed by atoms with Gasteiger partial charge in [-0.05, 0) is 31.2 Å². The lowest BCUT2D eigenvalue weighted by Crippen LogP contribution is -2.26.